The van der Waals surface area contributed by atoms with Crippen molar-refractivity contribution >= 4 is 73.7 Å². The van der Waals surface area contributed by atoms with Gasteiger partial charge in [0.15, 0.2) is 26.5 Å². The van der Waals surface area contributed by atoms with Crippen LogP contribution in [0.2, 0.25) is 5.02 Å². The van der Waals surface area contributed by atoms with E-state index in [0.29, 0.717) is 11.3 Å². The number of hydrogen-bond acceptors (Lipinski definition) is 8. The Labute approximate surface area is 167 Å². The summed E-state index contributed by atoms with van der Waals surface area (Å²) in [6, 6.07) is 5.75. The van der Waals surface area contributed by atoms with Crippen molar-refractivity contribution in [3.63, 3.8) is 0 Å². The Balaban J connectivity index is 1.75. The second-order valence-corrected chi connectivity index (χ2v) is 9.36. The number of hydrogen-bond donors (Lipinski definition) is 1. The van der Waals surface area contributed by atoms with Crippen LogP contribution in [-0.2, 0) is 6.54 Å². The monoisotopic (exact) mass is 422 g/mol. The van der Waals surface area contributed by atoms with Crippen molar-refractivity contribution in [2.75, 3.05) is 17.2 Å². The van der Waals surface area contributed by atoms with Gasteiger partial charge < -0.3 is 10.3 Å². The number of imidazole rings is 1. The number of nitrogens with zero attached hydrogens (tertiary/aromatic N) is 5. The molecule has 0 fully saturated rings. The van der Waals surface area contributed by atoms with Gasteiger partial charge in [-0.3, -0.25) is 0 Å². The summed E-state index contributed by atoms with van der Waals surface area (Å²) in [5, 5.41) is 1.54. The highest BCUT2D eigenvalue weighted by molar-refractivity contribution is 8.01. The van der Waals surface area contributed by atoms with Crippen LogP contribution in [0.3, 0.4) is 0 Å². The molecule has 0 aliphatic rings. The average molecular weight is 423 g/mol. The lowest BCUT2D eigenvalue weighted by Gasteiger charge is -2.06. The van der Waals surface area contributed by atoms with Crippen LogP contribution in [0.25, 0.3) is 21.4 Å². The Morgan fingerprint density at radius 2 is 2.15 bits per heavy atom. The minimum atomic E-state index is 0.395. The average Bonchev–Trinajstić information content (AvgIpc) is 3.19. The molecule has 4 aromatic rings. The first-order chi connectivity index (χ1) is 12.7. The second-order valence-electron chi connectivity index (χ2n) is 5.34. The van der Waals surface area contributed by atoms with Crippen LogP contribution in [0, 0.1) is 0 Å². The zero-order valence-corrected chi connectivity index (χ0v) is 17.1. The number of aryl methyl sites for hydroxylation is 1. The van der Waals surface area contributed by atoms with Gasteiger partial charge in [-0.2, -0.15) is 11.8 Å². The molecular formula is C16H15ClN6S3. The van der Waals surface area contributed by atoms with Crippen LogP contribution in [0.1, 0.15) is 6.92 Å². The van der Waals surface area contributed by atoms with Crippen LogP contribution < -0.4 is 5.73 Å². The van der Waals surface area contributed by atoms with Gasteiger partial charge in [-0.25, -0.2) is 19.9 Å². The maximum Gasteiger partial charge on any atom is 0.177 e. The standard InChI is InChI=1S/C16H15ClN6S3/c1-2-24-7-6-23-14-11(13(18)19-8-20-14)22-15(23)26-16-21-10-5-3-4-9(17)12(10)25-16/h3-5,8H,2,6-7H2,1H3,(H2,18,19,20). The summed E-state index contributed by atoms with van der Waals surface area (Å²) in [6.45, 7) is 2.96. The highest BCUT2D eigenvalue weighted by Crippen LogP contribution is 2.38. The molecule has 0 radical (unpaired) electrons. The SMILES string of the molecule is CCSCCn1c(Sc2nc3cccc(Cl)c3s2)nc2c(N)ncnc21. The molecule has 0 atom stereocenters. The number of nitrogen functional groups attached to an aromatic ring is 1. The van der Waals surface area contributed by atoms with Gasteiger partial charge in [-0.1, -0.05) is 24.6 Å². The molecule has 26 heavy (non-hydrogen) atoms. The Bertz CT molecular complexity index is 1080. The fourth-order valence-corrected chi connectivity index (χ4v) is 5.48. The molecule has 2 N–H and O–H groups in total. The fraction of sp³-hybridized carbons (Fsp3) is 0.250. The predicted molar refractivity (Wildman–Crippen MR) is 111 cm³/mol. The van der Waals surface area contributed by atoms with Crippen LogP contribution >= 0.6 is 46.5 Å². The quantitative estimate of drug-likeness (QED) is 0.455. The third kappa shape index (κ3) is 3.36. The minimum absolute atomic E-state index is 0.395. The minimum Gasteiger partial charge on any atom is -0.382 e. The summed E-state index contributed by atoms with van der Waals surface area (Å²) in [5.41, 5.74) is 8.29. The van der Waals surface area contributed by atoms with E-state index in [4.69, 9.17) is 17.3 Å². The Kier molecular flexibility index (Phi) is 5.21. The summed E-state index contributed by atoms with van der Waals surface area (Å²) >= 11 is 11.2. The number of thioether (sulfide) groups is 1. The zero-order chi connectivity index (χ0) is 18.1. The van der Waals surface area contributed by atoms with Gasteiger partial charge >= 0.3 is 0 Å². The third-order valence-corrected chi connectivity index (χ3v) is 7.18. The fourth-order valence-electron chi connectivity index (χ4n) is 2.53. The van der Waals surface area contributed by atoms with E-state index >= 15 is 0 Å². The molecule has 0 amide bonds. The summed E-state index contributed by atoms with van der Waals surface area (Å²) in [7, 11) is 0. The van der Waals surface area contributed by atoms with E-state index in [-0.39, 0.29) is 0 Å². The first kappa shape index (κ1) is 17.8. The highest BCUT2D eigenvalue weighted by atomic mass is 35.5. The number of aromatic nitrogens is 5. The molecule has 3 heterocycles. The number of benzene rings is 1. The van der Waals surface area contributed by atoms with Crippen molar-refractivity contribution < 1.29 is 0 Å². The number of nitrogens with two attached hydrogens (primary N) is 1. The Hall–Kier alpha value is -1.55. The maximum atomic E-state index is 6.28. The van der Waals surface area contributed by atoms with E-state index in [9.17, 15) is 0 Å². The van der Waals surface area contributed by atoms with Gasteiger partial charge in [-0.05, 0) is 29.6 Å². The van der Waals surface area contributed by atoms with E-state index < -0.39 is 0 Å². The second kappa shape index (κ2) is 7.59. The number of rotatable bonds is 6. The van der Waals surface area contributed by atoms with Crippen molar-refractivity contribution in [3.05, 3.63) is 29.5 Å². The molecule has 1 aromatic carbocycles. The Morgan fingerprint density at radius 1 is 1.27 bits per heavy atom. The largest absolute Gasteiger partial charge is 0.382 e. The topological polar surface area (TPSA) is 82.5 Å². The van der Waals surface area contributed by atoms with Gasteiger partial charge in [0.2, 0.25) is 0 Å². The third-order valence-electron chi connectivity index (χ3n) is 3.71. The molecule has 10 heteroatoms. The van der Waals surface area contributed by atoms with E-state index in [1.807, 2.05) is 30.0 Å². The van der Waals surface area contributed by atoms with Gasteiger partial charge in [0.25, 0.3) is 0 Å². The number of halogens is 1. The lowest BCUT2D eigenvalue weighted by Crippen LogP contribution is -2.04. The predicted octanol–water partition coefficient (Wildman–Crippen LogP) is 4.58. The number of fused-ring (bicyclic) bond motifs is 2. The van der Waals surface area contributed by atoms with E-state index in [1.165, 1.54) is 18.1 Å². The summed E-state index contributed by atoms with van der Waals surface area (Å²) < 4.78 is 3.97. The number of anilines is 1. The summed E-state index contributed by atoms with van der Waals surface area (Å²) in [6.07, 6.45) is 1.48. The molecule has 0 aliphatic heterocycles. The normalized spacial score (nSPS) is 11.6. The smallest absolute Gasteiger partial charge is 0.177 e. The van der Waals surface area contributed by atoms with Gasteiger partial charge in [0.05, 0.1) is 15.2 Å². The molecule has 0 bridgehead atoms. The summed E-state index contributed by atoms with van der Waals surface area (Å²) in [4.78, 5) is 17.8. The van der Waals surface area contributed by atoms with Crippen LogP contribution in [-0.4, -0.2) is 36.0 Å². The molecule has 0 saturated carbocycles. The molecule has 6 nitrogen and oxygen atoms in total. The van der Waals surface area contributed by atoms with E-state index in [0.717, 1.165) is 48.4 Å². The molecule has 134 valence electrons. The first-order valence-electron chi connectivity index (χ1n) is 7.94. The van der Waals surface area contributed by atoms with Crippen molar-refractivity contribution in [1.29, 1.82) is 0 Å². The molecule has 0 spiro atoms. The Morgan fingerprint density at radius 3 is 2.96 bits per heavy atom. The van der Waals surface area contributed by atoms with Crippen molar-refractivity contribution in [2.24, 2.45) is 0 Å². The maximum absolute atomic E-state index is 6.28. The highest BCUT2D eigenvalue weighted by Gasteiger charge is 2.17. The van der Waals surface area contributed by atoms with Crippen molar-refractivity contribution in [1.82, 2.24) is 24.5 Å². The molecule has 3 aromatic heterocycles. The van der Waals surface area contributed by atoms with Gasteiger partial charge in [0.1, 0.15) is 6.33 Å². The lowest BCUT2D eigenvalue weighted by atomic mass is 10.3. The molecule has 4 rings (SSSR count). The molecule has 0 saturated heterocycles. The molecular weight excluding hydrogens is 408 g/mol. The van der Waals surface area contributed by atoms with E-state index in [2.05, 4.69) is 31.4 Å². The first-order valence-corrected chi connectivity index (χ1v) is 11.1. The lowest BCUT2D eigenvalue weighted by molar-refractivity contribution is 0.702. The van der Waals surface area contributed by atoms with Gasteiger partial charge in [-0.15, -0.1) is 11.3 Å². The summed E-state index contributed by atoms with van der Waals surface area (Å²) in [5.74, 6) is 2.44. The van der Waals surface area contributed by atoms with Crippen LogP contribution in [0.15, 0.2) is 34.0 Å². The zero-order valence-electron chi connectivity index (χ0n) is 13.8. The van der Waals surface area contributed by atoms with Crippen LogP contribution in [0.4, 0.5) is 5.82 Å². The van der Waals surface area contributed by atoms with Gasteiger partial charge in [0, 0.05) is 12.3 Å². The number of thiazole rings is 1. The molecule has 0 aliphatic carbocycles. The van der Waals surface area contributed by atoms with Crippen LogP contribution in [0.5, 0.6) is 0 Å². The van der Waals surface area contributed by atoms with E-state index in [1.54, 1.807) is 11.3 Å². The van der Waals surface area contributed by atoms with Crippen molar-refractivity contribution in [2.45, 2.75) is 23.0 Å². The molecule has 0 unspecified atom stereocenters. The van der Waals surface area contributed by atoms with Crippen molar-refractivity contribution in [3.8, 4) is 0 Å².